The van der Waals surface area contributed by atoms with E-state index in [1.165, 1.54) is 24.3 Å². The molecule has 0 saturated heterocycles. The number of carbonyl (C=O) groups is 4. The van der Waals surface area contributed by atoms with E-state index in [1.807, 2.05) is 0 Å². The Morgan fingerprint density at radius 2 is 1.02 bits per heavy atom. The maximum Gasteiger partial charge on any atom is 0.326 e. The minimum Gasteiger partial charge on any atom is -0.508 e. The molecule has 0 bridgehead atoms. The summed E-state index contributed by atoms with van der Waals surface area (Å²) in [6.45, 7) is 0.766. The Kier molecular flexibility index (Phi) is 14.9. The van der Waals surface area contributed by atoms with Gasteiger partial charge >= 0.3 is 5.97 Å². The van der Waals surface area contributed by atoms with E-state index in [0.717, 1.165) is 0 Å². The summed E-state index contributed by atoms with van der Waals surface area (Å²) in [5, 5.41) is 36.6. The van der Waals surface area contributed by atoms with E-state index < -0.39 is 47.9 Å². The van der Waals surface area contributed by atoms with Crippen LogP contribution in [0.15, 0.2) is 48.5 Å². The van der Waals surface area contributed by atoms with Crippen LogP contribution < -0.4 is 33.2 Å². The monoisotopic (exact) mass is 600 g/mol. The van der Waals surface area contributed by atoms with E-state index in [9.17, 15) is 34.5 Å². The third-order valence-electron chi connectivity index (χ3n) is 6.88. The number of benzene rings is 2. The molecule has 4 atom stereocenters. The highest BCUT2D eigenvalue weighted by Crippen LogP contribution is 2.14. The molecule has 0 aliphatic heterocycles. The fourth-order valence-corrected chi connectivity index (χ4v) is 4.39. The van der Waals surface area contributed by atoms with Gasteiger partial charge in [-0.05, 0) is 93.4 Å². The molecule has 43 heavy (non-hydrogen) atoms. The number of aliphatic carboxylic acids is 1. The predicted molar refractivity (Wildman–Crippen MR) is 161 cm³/mol. The Balaban J connectivity index is 2.22. The molecule has 0 saturated carbocycles. The maximum atomic E-state index is 13.6. The molecule has 3 amide bonds. The van der Waals surface area contributed by atoms with Crippen LogP contribution in [0.3, 0.4) is 0 Å². The summed E-state index contributed by atoms with van der Waals surface area (Å²) in [6, 6.07) is 7.91. The highest BCUT2D eigenvalue weighted by Gasteiger charge is 2.30. The van der Waals surface area contributed by atoms with E-state index in [1.54, 1.807) is 24.3 Å². The average Bonchev–Trinajstić information content (AvgIpc) is 2.97. The van der Waals surface area contributed by atoms with Gasteiger partial charge in [0.25, 0.3) is 0 Å². The van der Waals surface area contributed by atoms with E-state index in [-0.39, 0.29) is 37.2 Å². The van der Waals surface area contributed by atoms with Crippen LogP contribution in [0.2, 0.25) is 0 Å². The molecular weight excluding hydrogens is 556 g/mol. The molecule has 2 aromatic rings. The molecule has 2 rings (SSSR count). The van der Waals surface area contributed by atoms with Crippen molar-refractivity contribution in [1.82, 2.24) is 16.0 Å². The molecule has 4 unspecified atom stereocenters. The molecule has 13 heteroatoms. The number of hydrogen-bond acceptors (Lipinski definition) is 9. The van der Waals surface area contributed by atoms with Crippen LogP contribution in [-0.2, 0) is 32.0 Å². The van der Waals surface area contributed by atoms with E-state index in [4.69, 9.17) is 17.2 Å². The third-order valence-corrected chi connectivity index (χ3v) is 6.88. The van der Waals surface area contributed by atoms with Crippen molar-refractivity contribution in [2.45, 2.75) is 75.5 Å². The normalized spacial score (nSPS) is 13.7. The fraction of sp³-hybridized carbons (Fsp3) is 0.467. The van der Waals surface area contributed by atoms with E-state index in [2.05, 4.69) is 16.0 Å². The van der Waals surface area contributed by atoms with Crippen molar-refractivity contribution in [3.8, 4) is 11.5 Å². The van der Waals surface area contributed by atoms with Crippen LogP contribution in [-0.4, -0.2) is 76.3 Å². The number of carbonyl (C=O) groups excluding carboxylic acids is 3. The molecule has 0 radical (unpaired) electrons. The van der Waals surface area contributed by atoms with Gasteiger partial charge in [-0.3, -0.25) is 14.4 Å². The summed E-state index contributed by atoms with van der Waals surface area (Å²) in [4.78, 5) is 51.6. The molecule has 0 aliphatic rings. The minimum atomic E-state index is -1.20. The van der Waals surface area contributed by atoms with Crippen molar-refractivity contribution in [2.75, 3.05) is 13.1 Å². The quantitative estimate of drug-likeness (QED) is 0.0978. The lowest BCUT2D eigenvalue weighted by Gasteiger charge is -2.25. The molecule has 0 aliphatic carbocycles. The Labute approximate surface area is 251 Å². The van der Waals surface area contributed by atoms with Gasteiger partial charge in [-0.1, -0.05) is 24.3 Å². The zero-order valence-electron chi connectivity index (χ0n) is 24.2. The number of carboxylic acid groups (broad SMARTS) is 1. The zero-order valence-corrected chi connectivity index (χ0v) is 24.2. The molecule has 13 nitrogen and oxygen atoms in total. The molecule has 12 N–H and O–H groups in total. The van der Waals surface area contributed by atoms with Crippen molar-refractivity contribution in [3.63, 3.8) is 0 Å². The van der Waals surface area contributed by atoms with Crippen LogP contribution in [0.1, 0.15) is 49.7 Å². The fourth-order valence-electron chi connectivity index (χ4n) is 4.39. The summed E-state index contributed by atoms with van der Waals surface area (Å²) in [7, 11) is 0. The van der Waals surface area contributed by atoms with Gasteiger partial charge in [0.1, 0.15) is 29.6 Å². The topological polar surface area (TPSA) is 243 Å². The minimum absolute atomic E-state index is 0.0256. The van der Waals surface area contributed by atoms with Gasteiger partial charge in [0, 0.05) is 6.42 Å². The van der Waals surface area contributed by atoms with Crippen molar-refractivity contribution in [1.29, 1.82) is 0 Å². The van der Waals surface area contributed by atoms with Crippen LogP contribution in [0.5, 0.6) is 11.5 Å². The number of hydrogen-bond donors (Lipinski definition) is 9. The van der Waals surface area contributed by atoms with Gasteiger partial charge in [0.2, 0.25) is 17.7 Å². The molecule has 0 heterocycles. The van der Waals surface area contributed by atoms with Crippen molar-refractivity contribution < 1.29 is 34.5 Å². The predicted octanol–water partition coefficient (Wildman–Crippen LogP) is 0.00730. The number of phenolic OH excluding ortho intramolecular Hbond substituents is 2. The van der Waals surface area contributed by atoms with Gasteiger partial charge in [-0.15, -0.1) is 0 Å². The molecule has 236 valence electrons. The smallest absolute Gasteiger partial charge is 0.326 e. The maximum absolute atomic E-state index is 13.6. The van der Waals surface area contributed by atoms with Crippen LogP contribution >= 0.6 is 0 Å². The number of aromatic hydroxyl groups is 2. The Morgan fingerprint density at radius 1 is 0.605 bits per heavy atom. The number of carboxylic acids is 1. The highest BCUT2D eigenvalue weighted by molar-refractivity contribution is 5.94. The van der Waals surface area contributed by atoms with Crippen LogP contribution in [0.25, 0.3) is 0 Å². The highest BCUT2D eigenvalue weighted by atomic mass is 16.4. The van der Waals surface area contributed by atoms with E-state index in [0.29, 0.717) is 49.9 Å². The first-order valence-electron chi connectivity index (χ1n) is 14.4. The van der Waals surface area contributed by atoms with Gasteiger partial charge in [0.05, 0.1) is 6.04 Å². The van der Waals surface area contributed by atoms with E-state index >= 15 is 0 Å². The lowest BCUT2D eigenvalue weighted by Crippen LogP contribution is -2.57. The number of amides is 3. The summed E-state index contributed by atoms with van der Waals surface area (Å²) in [6.07, 6.45) is 2.73. The summed E-state index contributed by atoms with van der Waals surface area (Å²) in [5.41, 5.74) is 18.6. The number of nitrogens with two attached hydrogens (primary N) is 3. The zero-order chi connectivity index (χ0) is 31.8. The number of unbranched alkanes of at least 4 members (excludes halogenated alkanes) is 2. The SMILES string of the molecule is NCCCCC(NC(=O)C(CCCCN)NC(=O)C(Cc1ccc(O)cc1)NC(=O)C(N)Cc1ccc(O)cc1)C(=O)O. The number of nitrogens with one attached hydrogen (secondary N) is 3. The second-order valence-electron chi connectivity index (χ2n) is 10.4. The van der Waals surface area contributed by atoms with Crippen molar-refractivity contribution >= 4 is 23.7 Å². The summed E-state index contributed by atoms with van der Waals surface area (Å²) >= 11 is 0. The molecule has 0 fully saturated rings. The third kappa shape index (κ3) is 12.7. The van der Waals surface area contributed by atoms with Gasteiger partial charge in [-0.2, -0.15) is 0 Å². The molecular formula is C30H44N6O7. The lowest BCUT2D eigenvalue weighted by atomic mass is 10.0. The summed E-state index contributed by atoms with van der Waals surface area (Å²) < 4.78 is 0. The van der Waals surface area contributed by atoms with Crippen LogP contribution in [0.4, 0.5) is 0 Å². The molecule has 2 aromatic carbocycles. The first kappa shape index (κ1) is 35.0. The molecule has 0 aromatic heterocycles. The Hall–Kier alpha value is -4.20. The van der Waals surface area contributed by atoms with Gasteiger partial charge in [-0.25, -0.2) is 4.79 Å². The number of rotatable bonds is 19. The summed E-state index contributed by atoms with van der Waals surface area (Å²) in [5.74, 6) is -3.03. The van der Waals surface area contributed by atoms with Crippen molar-refractivity contribution in [3.05, 3.63) is 59.7 Å². The Morgan fingerprint density at radius 3 is 1.51 bits per heavy atom. The second kappa shape index (κ2) is 18.4. The lowest BCUT2D eigenvalue weighted by molar-refractivity contribution is -0.142. The Bertz CT molecular complexity index is 1180. The standard InChI is InChI=1S/C30H44N6O7/c31-15-3-1-5-24(28(40)35-25(30(42)43)6-2-4-16-32)34-29(41)26(18-20-9-13-22(38)14-10-20)36-27(39)23(33)17-19-7-11-21(37)12-8-19/h7-14,23-26,37-38H,1-6,15-18,31-33H2,(H,34,41)(H,35,40)(H,36,39)(H,42,43). The average molecular weight is 601 g/mol. The second-order valence-corrected chi connectivity index (χ2v) is 10.4. The first-order chi connectivity index (χ1) is 20.5. The number of phenols is 2. The van der Waals surface area contributed by atoms with Gasteiger partial charge < -0.3 is 48.5 Å². The largest absolute Gasteiger partial charge is 0.508 e. The first-order valence-corrected chi connectivity index (χ1v) is 14.4. The van der Waals surface area contributed by atoms with Crippen molar-refractivity contribution in [2.24, 2.45) is 17.2 Å². The van der Waals surface area contributed by atoms with Gasteiger partial charge in [0.15, 0.2) is 0 Å². The van der Waals surface area contributed by atoms with Crippen LogP contribution in [0, 0.1) is 0 Å². The molecule has 0 spiro atoms.